The Hall–Kier alpha value is -1.91. The monoisotopic (exact) mass is 209 g/mol. The van der Waals surface area contributed by atoms with Crippen LogP contribution < -0.4 is 4.74 Å². The van der Waals surface area contributed by atoms with Gasteiger partial charge in [0.25, 0.3) is 5.69 Å². The second-order valence-electron chi connectivity index (χ2n) is 3.10. The van der Waals surface area contributed by atoms with Crippen LogP contribution in [-0.2, 0) is 0 Å². The molecule has 0 heterocycles. The van der Waals surface area contributed by atoms with Crippen LogP contribution >= 0.6 is 0 Å². The van der Waals surface area contributed by atoms with Gasteiger partial charge in [0.05, 0.1) is 17.6 Å². The maximum absolute atomic E-state index is 11.3. The Labute approximate surface area is 86.8 Å². The first kappa shape index (κ1) is 11.2. The zero-order valence-electron chi connectivity index (χ0n) is 8.73. The molecule has 80 valence electrons. The lowest BCUT2D eigenvalue weighted by Gasteiger charge is -2.08. The molecule has 0 N–H and O–H groups in total. The summed E-state index contributed by atoms with van der Waals surface area (Å²) in [6.07, 6.45) is 0. The van der Waals surface area contributed by atoms with Crippen molar-refractivity contribution in [1.29, 1.82) is 0 Å². The minimum atomic E-state index is -0.513. The van der Waals surface area contributed by atoms with E-state index in [4.69, 9.17) is 4.74 Å². The van der Waals surface area contributed by atoms with Crippen molar-refractivity contribution in [1.82, 2.24) is 0 Å². The number of benzene rings is 1. The summed E-state index contributed by atoms with van der Waals surface area (Å²) in [5.41, 5.74) is 0.541. The van der Waals surface area contributed by atoms with E-state index in [1.807, 2.05) is 0 Å². The Morgan fingerprint density at radius 3 is 2.47 bits per heavy atom. The summed E-state index contributed by atoms with van der Waals surface area (Å²) in [6.45, 7) is 2.89. The summed E-state index contributed by atoms with van der Waals surface area (Å²) >= 11 is 0. The molecule has 1 rings (SSSR count). The summed E-state index contributed by atoms with van der Waals surface area (Å²) in [5, 5.41) is 10.6. The van der Waals surface area contributed by atoms with Crippen LogP contribution in [0.25, 0.3) is 0 Å². The van der Waals surface area contributed by atoms with Crippen LogP contribution in [0.15, 0.2) is 12.1 Å². The standard InChI is InChI=1S/C10H11NO4/c1-6-8(11(13)14)4-5-9(15-3)10(6)7(2)12/h4-5H,1-3H3. The van der Waals surface area contributed by atoms with E-state index < -0.39 is 4.92 Å². The molecule has 0 spiro atoms. The molecule has 0 amide bonds. The molecule has 5 heteroatoms. The Kier molecular flexibility index (Phi) is 3.04. The lowest BCUT2D eigenvalue weighted by atomic mass is 10.0. The molecule has 1 aromatic carbocycles. The molecule has 1 aromatic rings. The van der Waals surface area contributed by atoms with E-state index >= 15 is 0 Å². The van der Waals surface area contributed by atoms with Crippen LogP contribution in [-0.4, -0.2) is 17.8 Å². The van der Waals surface area contributed by atoms with E-state index in [2.05, 4.69) is 0 Å². The Morgan fingerprint density at radius 2 is 2.07 bits per heavy atom. The van der Waals surface area contributed by atoms with E-state index in [-0.39, 0.29) is 17.0 Å². The molecule has 0 saturated heterocycles. The molecule has 0 radical (unpaired) electrons. The molecule has 0 saturated carbocycles. The van der Waals surface area contributed by atoms with Crippen LogP contribution in [0, 0.1) is 17.0 Å². The molecule has 15 heavy (non-hydrogen) atoms. The minimum Gasteiger partial charge on any atom is -0.496 e. The number of nitro groups is 1. The molecule has 0 bridgehead atoms. The van der Waals surface area contributed by atoms with Gasteiger partial charge in [-0.15, -0.1) is 0 Å². The van der Waals surface area contributed by atoms with Crippen LogP contribution in [0.4, 0.5) is 5.69 Å². The van der Waals surface area contributed by atoms with Gasteiger partial charge in [-0.25, -0.2) is 0 Å². The minimum absolute atomic E-state index is 0.0685. The lowest BCUT2D eigenvalue weighted by molar-refractivity contribution is -0.385. The number of methoxy groups -OCH3 is 1. The SMILES string of the molecule is COc1ccc([N+](=O)[O-])c(C)c1C(C)=O. The molecule has 5 nitrogen and oxygen atoms in total. The van der Waals surface area contributed by atoms with Crippen molar-refractivity contribution < 1.29 is 14.5 Å². The fourth-order valence-electron chi connectivity index (χ4n) is 1.48. The lowest BCUT2D eigenvalue weighted by Crippen LogP contribution is -2.03. The Balaban J connectivity index is 3.49. The average molecular weight is 209 g/mol. The molecule has 0 atom stereocenters. The van der Waals surface area contributed by atoms with Crippen molar-refractivity contribution in [3.05, 3.63) is 33.4 Å². The van der Waals surface area contributed by atoms with Crippen LogP contribution in [0.5, 0.6) is 5.75 Å². The number of nitro benzene ring substituents is 1. The van der Waals surface area contributed by atoms with Crippen LogP contribution in [0.2, 0.25) is 0 Å². The number of carbonyl (C=O) groups excluding carboxylic acids is 1. The largest absolute Gasteiger partial charge is 0.496 e. The van der Waals surface area contributed by atoms with E-state index in [9.17, 15) is 14.9 Å². The van der Waals surface area contributed by atoms with Gasteiger partial charge < -0.3 is 4.74 Å². The molecular formula is C10H11NO4. The number of hydrogen-bond acceptors (Lipinski definition) is 4. The molecule has 0 aliphatic heterocycles. The van der Waals surface area contributed by atoms with E-state index in [0.29, 0.717) is 11.3 Å². The third kappa shape index (κ3) is 1.96. The van der Waals surface area contributed by atoms with E-state index in [1.165, 1.54) is 33.1 Å². The highest BCUT2D eigenvalue weighted by Gasteiger charge is 2.20. The normalized spacial score (nSPS) is 9.80. The topological polar surface area (TPSA) is 69.4 Å². The fraction of sp³-hybridized carbons (Fsp3) is 0.300. The fourth-order valence-corrected chi connectivity index (χ4v) is 1.48. The van der Waals surface area contributed by atoms with Gasteiger partial charge in [-0.05, 0) is 19.9 Å². The van der Waals surface area contributed by atoms with Gasteiger partial charge in [-0.2, -0.15) is 0 Å². The first-order valence-electron chi connectivity index (χ1n) is 4.32. The quantitative estimate of drug-likeness (QED) is 0.434. The van der Waals surface area contributed by atoms with Gasteiger partial charge in [-0.3, -0.25) is 14.9 Å². The van der Waals surface area contributed by atoms with Gasteiger partial charge in [0.15, 0.2) is 5.78 Å². The first-order chi connectivity index (χ1) is 6.99. The number of Topliss-reactive ketones (excluding diaryl/α,β-unsaturated/α-hetero) is 1. The number of hydrogen-bond donors (Lipinski definition) is 0. The van der Waals surface area contributed by atoms with Gasteiger partial charge in [0.1, 0.15) is 5.75 Å². The maximum Gasteiger partial charge on any atom is 0.273 e. The summed E-state index contributed by atoms with van der Waals surface area (Å²) in [4.78, 5) is 21.5. The van der Waals surface area contributed by atoms with Gasteiger partial charge in [-0.1, -0.05) is 0 Å². The summed E-state index contributed by atoms with van der Waals surface area (Å²) in [6, 6.07) is 2.77. The predicted molar refractivity (Wildman–Crippen MR) is 54.4 cm³/mol. The zero-order valence-corrected chi connectivity index (χ0v) is 8.73. The number of ketones is 1. The Morgan fingerprint density at radius 1 is 1.47 bits per heavy atom. The molecule has 0 aromatic heterocycles. The first-order valence-corrected chi connectivity index (χ1v) is 4.32. The smallest absolute Gasteiger partial charge is 0.273 e. The molecule has 0 aliphatic carbocycles. The second-order valence-corrected chi connectivity index (χ2v) is 3.10. The van der Waals surface area contributed by atoms with Crippen molar-refractivity contribution in [2.24, 2.45) is 0 Å². The molecular weight excluding hydrogens is 198 g/mol. The van der Waals surface area contributed by atoms with Crippen LogP contribution in [0.1, 0.15) is 22.8 Å². The third-order valence-corrected chi connectivity index (χ3v) is 2.17. The second kappa shape index (κ2) is 4.08. The highest BCUT2D eigenvalue weighted by atomic mass is 16.6. The highest BCUT2D eigenvalue weighted by molar-refractivity contribution is 5.99. The Bertz CT molecular complexity index is 426. The van der Waals surface area contributed by atoms with Crippen molar-refractivity contribution in [3.63, 3.8) is 0 Å². The summed E-state index contributed by atoms with van der Waals surface area (Å²) in [5.74, 6) is 0.124. The third-order valence-electron chi connectivity index (χ3n) is 2.17. The number of nitrogens with zero attached hydrogens (tertiary/aromatic N) is 1. The molecule has 0 fully saturated rings. The summed E-state index contributed by atoms with van der Waals surface area (Å²) < 4.78 is 4.98. The average Bonchev–Trinajstić information content (AvgIpc) is 2.15. The van der Waals surface area contributed by atoms with Crippen molar-refractivity contribution in [2.75, 3.05) is 7.11 Å². The van der Waals surface area contributed by atoms with Gasteiger partial charge in [0, 0.05) is 11.6 Å². The van der Waals surface area contributed by atoms with Crippen LogP contribution in [0.3, 0.4) is 0 Å². The highest BCUT2D eigenvalue weighted by Crippen LogP contribution is 2.29. The van der Waals surface area contributed by atoms with Crippen molar-refractivity contribution >= 4 is 11.5 Å². The van der Waals surface area contributed by atoms with E-state index in [0.717, 1.165) is 0 Å². The van der Waals surface area contributed by atoms with E-state index in [1.54, 1.807) is 0 Å². The number of ether oxygens (including phenoxy) is 1. The maximum atomic E-state index is 11.3. The molecule has 0 aliphatic rings. The zero-order chi connectivity index (χ0) is 11.6. The number of rotatable bonds is 3. The summed E-state index contributed by atoms with van der Waals surface area (Å²) in [7, 11) is 1.42. The van der Waals surface area contributed by atoms with Gasteiger partial charge in [0.2, 0.25) is 0 Å². The predicted octanol–water partition coefficient (Wildman–Crippen LogP) is 2.11. The van der Waals surface area contributed by atoms with Gasteiger partial charge >= 0.3 is 0 Å². The van der Waals surface area contributed by atoms with Crippen molar-refractivity contribution in [3.8, 4) is 5.75 Å². The van der Waals surface area contributed by atoms with Crippen molar-refractivity contribution in [2.45, 2.75) is 13.8 Å². The number of carbonyl (C=O) groups is 1. The molecule has 0 unspecified atom stereocenters.